The van der Waals surface area contributed by atoms with Gasteiger partial charge in [-0.2, -0.15) is 13.1 Å². The Kier molecular flexibility index (Phi) is 14.5. The first-order valence-electron chi connectivity index (χ1n) is 10.2. The van der Waals surface area contributed by atoms with Crippen LogP contribution in [0.4, 0.5) is 0 Å². The number of hydrogen-bond acceptors (Lipinski definition) is 6. The largest absolute Gasteiger partial charge is 2.00 e. The van der Waals surface area contributed by atoms with Gasteiger partial charge in [-0.25, -0.2) is 0 Å². The molecule has 0 aliphatic rings. The Balaban J connectivity index is 0.00000480. The zero-order valence-corrected chi connectivity index (χ0v) is 18.9. The molecule has 0 bridgehead atoms. The Labute approximate surface area is 194 Å². The monoisotopic (exact) mass is 475 g/mol. The maximum absolute atomic E-state index is 10.3. The average Bonchev–Trinajstić information content (AvgIpc) is 2.78. The van der Waals surface area contributed by atoms with Crippen molar-refractivity contribution < 1.29 is 36.5 Å². The van der Waals surface area contributed by atoms with Crippen molar-refractivity contribution in [2.75, 3.05) is 26.3 Å². The van der Waals surface area contributed by atoms with E-state index in [2.05, 4.69) is 21.3 Å². The molecule has 0 aliphatic carbocycles. The van der Waals surface area contributed by atoms with Gasteiger partial charge in [-0.3, -0.25) is 10.6 Å². The molecule has 0 amide bonds. The summed E-state index contributed by atoms with van der Waals surface area (Å²) in [5, 5.41) is 35.3. The van der Waals surface area contributed by atoms with Gasteiger partial charge in [-0.05, 0) is 25.0 Å². The maximum atomic E-state index is 10.3. The summed E-state index contributed by atoms with van der Waals surface area (Å²) in [7, 11) is 0. The predicted molar refractivity (Wildman–Crippen MR) is 116 cm³/mol. The third-order valence-electron chi connectivity index (χ3n) is 4.17. The fourth-order valence-electron chi connectivity index (χ4n) is 2.71. The minimum absolute atomic E-state index is 0. The smallest absolute Gasteiger partial charge is 0.625 e. The van der Waals surface area contributed by atoms with E-state index in [1.807, 2.05) is 74.5 Å². The molecule has 1 radical (unpaired) electrons. The molecule has 4 atom stereocenters. The van der Waals surface area contributed by atoms with Gasteiger partial charge in [0.1, 0.15) is 12.5 Å². The van der Waals surface area contributed by atoms with E-state index in [9.17, 15) is 10.2 Å². The van der Waals surface area contributed by atoms with Gasteiger partial charge in [0.05, 0.1) is 0 Å². The van der Waals surface area contributed by atoms with Crippen LogP contribution in [0, 0.1) is 0 Å². The van der Waals surface area contributed by atoms with Crippen LogP contribution in [-0.4, -0.2) is 49.2 Å². The summed E-state index contributed by atoms with van der Waals surface area (Å²) < 4.78 is 11.1. The van der Waals surface area contributed by atoms with E-state index in [0.29, 0.717) is 26.3 Å². The SMILES string of the molecule is CCOC([N-]CC[N-]C(NC(O)c1ccccc1)OCC)NC(O)c1ccccc1.[Co+2]. The quantitative estimate of drug-likeness (QED) is 0.233. The minimum atomic E-state index is -0.887. The second-order valence-corrected chi connectivity index (χ2v) is 6.39. The molecule has 0 aromatic heterocycles. The first-order valence-corrected chi connectivity index (χ1v) is 10.2. The molecule has 0 heterocycles. The summed E-state index contributed by atoms with van der Waals surface area (Å²) in [6.07, 6.45) is -3.09. The minimum Gasteiger partial charge on any atom is -0.625 e. The zero-order chi connectivity index (χ0) is 21.6. The van der Waals surface area contributed by atoms with Crippen molar-refractivity contribution in [1.29, 1.82) is 0 Å². The average molecular weight is 475 g/mol. The molecular weight excluding hydrogens is 443 g/mol. The van der Waals surface area contributed by atoms with Gasteiger partial charge in [0, 0.05) is 25.9 Å². The molecule has 2 aromatic carbocycles. The fourth-order valence-corrected chi connectivity index (χ4v) is 2.71. The zero-order valence-electron chi connectivity index (χ0n) is 17.9. The Morgan fingerprint density at radius 3 is 1.39 bits per heavy atom. The van der Waals surface area contributed by atoms with Crippen molar-refractivity contribution in [3.63, 3.8) is 0 Å². The summed E-state index contributed by atoms with van der Waals surface area (Å²) in [5.41, 5.74) is 1.47. The molecule has 0 fully saturated rings. The standard InChI is InChI=1S/C22H32N4O4.Co/c1-3-29-21(25-19(27)17-11-7-5-8-12-17)23-15-16-24-22(30-4-2)26-20(28)18-13-9-6-10-14-18;/h5-14,19-22,25-28H,3-4,15-16H2,1-2H3;/q-2;+2. The maximum Gasteiger partial charge on any atom is 2.00 e. The van der Waals surface area contributed by atoms with Crippen LogP contribution in [0.5, 0.6) is 0 Å². The molecule has 0 aliphatic heterocycles. The molecule has 8 nitrogen and oxygen atoms in total. The number of ether oxygens (including phenoxy) is 2. The van der Waals surface area contributed by atoms with Crippen molar-refractivity contribution in [3.05, 3.63) is 82.4 Å². The number of aliphatic hydroxyl groups excluding tert-OH is 2. The number of hydrogen-bond donors (Lipinski definition) is 4. The van der Waals surface area contributed by atoms with Crippen LogP contribution in [-0.2, 0) is 26.3 Å². The third-order valence-corrected chi connectivity index (χ3v) is 4.17. The molecule has 173 valence electrons. The molecule has 2 rings (SSSR count). The van der Waals surface area contributed by atoms with E-state index >= 15 is 0 Å². The molecule has 0 saturated heterocycles. The van der Waals surface area contributed by atoms with Gasteiger partial charge >= 0.3 is 16.8 Å². The van der Waals surface area contributed by atoms with E-state index in [0.717, 1.165) is 11.1 Å². The van der Waals surface area contributed by atoms with Crippen molar-refractivity contribution in [1.82, 2.24) is 10.6 Å². The first kappa shape index (κ1) is 27.7. The van der Waals surface area contributed by atoms with Gasteiger partial charge in [0.2, 0.25) is 0 Å². The van der Waals surface area contributed by atoms with Crippen LogP contribution in [0.15, 0.2) is 60.7 Å². The van der Waals surface area contributed by atoms with Crippen molar-refractivity contribution in [2.45, 2.75) is 39.0 Å². The van der Waals surface area contributed by atoms with Gasteiger partial charge in [0.25, 0.3) is 0 Å². The molecule has 4 N–H and O–H groups in total. The van der Waals surface area contributed by atoms with Crippen LogP contribution >= 0.6 is 0 Å². The van der Waals surface area contributed by atoms with E-state index in [-0.39, 0.29) is 16.8 Å². The molecule has 0 saturated carbocycles. The normalized spacial score (nSPS) is 15.0. The Morgan fingerprint density at radius 1 is 0.710 bits per heavy atom. The molecule has 4 unspecified atom stereocenters. The van der Waals surface area contributed by atoms with Crippen LogP contribution in [0.1, 0.15) is 37.4 Å². The topological polar surface area (TPSA) is 111 Å². The van der Waals surface area contributed by atoms with Crippen LogP contribution in [0.2, 0.25) is 0 Å². The number of nitrogens with one attached hydrogen (secondary N) is 2. The Hall–Kier alpha value is -1.37. The molecule has 2 aromatic rings. The van der Waals surface area contributed by atoms with E-state index < -0.39 is 25.2 Å². The number of benzene rings is 2. The summed E-state index contributed by atoms with van der Waals surface area (Å²) in [4.78, 5) is 0. The third kappa shape index (κ3) is 10.7. The molecule has 31 heavy (non-hydrogen) atoms. The van der Waals surface area contributed by atoms with Crippen molar-refractivity contribution >= 4 is 0 Å². The second-order valence-electron chi connectivity index (χ2n) is 6.39. The summed E-state index contributed by atoms with van der Waals surface area (Å²) in [6, 6.07) is 18.5. The number of aliphatic hydroxyl groups is 2. The van der Waals surface area contributed by atoms with Crippen LogP contribution in [0.3, 0.4) is 0 Å². The van der Waals surface area contributed by atoms with Crippen molar-refractivity contribution in [2.24, 2.45) is 0 Å². The van der Waals surface area contributed by atoms with E-state index in [4.69, 9.17) is 9.47 Å². The van der Waals surface area contributed by atoms with Gasteiger partial charge < -0.3 is 30.3 Å². The number of rotatable bonds is 15. The van der Waals surface area contributed by atoms with E-state index in [1.54, 1.807) is 0 Å². The Morgan fingerprint density at radius 2 is 1.06 bits per heavy atom. The fraction of sp³-hybridized carbons (Fsp3) is 0.455. The van der Waals surface area contributed by atoms with Gasteiger partial charge in [-0.1, -0.05) is 60.7 Å². The summed E-state index contributed by atoms with van der Waals surface area (Å²) >= 11 is 0. The number of nitrogens with zero attached hydrogens (tertiary/aromatic N) is 2. The first-order chi connectivity index (χ1) is 14.6. The molecule has 9 heteroatoms. The van der Waals surface area contributed by atoms with Crippen LogP contribution < -0.4 is 10.6 Å². The molecule has 0 spiro atoms. The van der Waals surface area contributed by atoms with Gasteiger partial charge in [-0.15, -0.1) is 0 Å². The van der Waals surface area contributed by atoms with Gasteiger partial charge in [0.15, 0.2) is 0 Å². The van der Waals surface area contributed by atoms with Crippen molar-refractivity contribution in [3.8, 4) is 0 Å². The second kappa shape index (κ2) is 16.3. The predicted octanol–water partition coefficient (Wildman–Crippen LogP) is 2.93. The molecular formula is C22H32CoN4O4. The summed E-state index contributed by atoms with van der Waals surface area (Å²) in [5.74, 6) is 0. The van der Waals surface area contributed by atoms with E-state index in [1.165, 1.54) is 0 Å². The summed E-state index contributed by atoms with van der Waals surface area (Å²) in [6.45, 7) is 5.36. The Bertz CT molecular complexity index is 624. The van der Waals surface area contributed by atoms with Crippen LogP contribution in [0.25, 0.3) is 10.6 Å².